The largest absolute Gasteiger partial charge is 0.372 e. The van der Waals surface area contributed by atoms with Crippen LogP contribution in [0.4, 0.5) is 15.9 Å². The number of pyridine rings is 2. The van der Waals surface area contributed by atoms with E-state index >= 15 is 0 Å². The molecule has 2 rings (SSSR count). The lowest BCUT2D eigenvalue weighted by atomic mass is 10.2. The first-order chi connectivity index (χ1) is 9.11. The molecular formula is C13H13FN4O. The number of carbonyl (C=O) groups excluding carboxylic acids is 1. The van der Waals surface area contributed by atoms with Gasteiger partial charge in [0.1, 0.15) is 11.6 Å². The first-order valence-electron chi connectivity index (χ1n) is 5.68. The van der Waals surface area contributed by atoms with E-state index in [-0.39, 0.29) is 5.56 Å². The maximum Gasteiger partial charge on any atom is 0.259 e. The Hall–Kier alpha value is -2.50. The van der Waals surface area contributed by atoms with Crippen LogP contribution in [0.5, 0.6) is 0 Å². The monoisotopic (exact) mass is 260 g/mol. The van der Waals surface area contributed by atoms with Crippen molar-refractivity contribution in [3.63, 3.8) is 0 Å². The zero-order valence-electron chi connectivity index (χ0n) is 10.6. The van der Waals surface area contributed by atoms with Crippen molar-refractivity contribution in [2.24, 2.45) is 0 Å². The van der Waals surface area contributed by atoms with E-state index in [9.17, 15) is 9.18 Å². The Bertz CT molecular complexity index is 615. The number of amides is 1. The summed E-state index contributed by atoms with van der Waals surface area (Å²) >= 11 is 0. The van der Waals surface area contributed by atoms with Crippen molar-refractivity contribution in [1.82, 2.24) is 9.97 Å². The zero-order chi connectivity index (χ0) is 13.8. The van der Waals surface area contributed by atoms with E-state index in [0.29, 0.717) is 17.2 Å². The minimum atomic E-state index is -0.563. The Morgan fingerprint density at radius 1 is 1.37 bits per heavy atom. The van der Waals surface area contributed by atoms with Crippen molar-refractivity contribution in [2.45, 2.75) is 6.92 Å². The number of hydrogen-bond acceptors (Lipinski definition) is 4. The van der Waals surface area contributed by atoms with Crippen molar-refractivity contribution >= 4 is 17.4 Å². The average molecular weight is 260 g/mol. The molecule has 6 heteroatoms. The fourth-order valence-corrected chi connectivity index (χ4v) is 1.62. The van der Waals surface area contributed by atoms with Crippen LogP contribution in [-0.2, 0) is 0 Å². The van der Waals surface area contributed by atoms with E-state index in [1.54, 1.807) is 32.3 Å². The van der Waals surface area contributed by atoms with Gasteiger partial charge in [-0.25, -0.2) is 9.37 Å². The molecular weight excluding hydrogens is 247 g/mol. The van der Waals surface area contributed by atoms with Crippen molar-refractivity contribution in [3.05, 3.63) is 47.7 Å². The molecule has 0 saturated carbocycles. The third-order valence-corrected chi connectivity index (χ3v) is 2.59. The lowest BCUT2D eigenvalue weighted by Gasteiger charge is -2.10. The second-order valence-corrected chi connectivity index (χ2v) is 3.89. The topological polar surface area (TPSA) is 66.9 Å². The molecule has 0 aliphatic heterocycles. The highest BCUT2D eigenvalue weighted by Gasteiger charge is 2.14. The second kappa shape index (κ2) is 5.43. The first kappa shape index (κ1) is 12.9. The molecule has 0 bridgehead atoms. The lowest BCUT2D eigenvalue weighted by molar-refractivity contribution is 0.102. The molecule has 0 aliphatic rings. The molecule has 0 saturated heterocycles. The van der Waals surface area contributed by atoms with Crippen LogP contribution < -0.4 is 10.6 Å². The van der Waals surface area contributed by atoms with Crippen LogP contribution >= 0.6 is 0 Å². The van der Waals surface area contributed by atoms with Gasteiger partial charge in [-0.15, -0.1) is 0 Å². The highest BCUT2D eigenvalue weighted by molar-refractivity contribution is 6.07. The van der Waals surface area contributed by atoms with Gasteiger partial charge in [-0.3, -0.25) is 9.78 Å². The Kier molecular flexibility index (Phi) is 3.70. The van der Waals surface area contributed by atoms with Crippen LogP contribution in [0, 0.1) is 12.7 Å². The molecule has 0 radical (unpaired) electrons. The highest BCUT2D eigenvalue weighted by atomic mass is 19.1. The van der Waals surface area contributed by atoms with Gasteiger partial charge < -0.3 is 10.6 Å². The summed E-state index contributed by atoms with van der Waals surface area (Å²) in [5.41, 5.74) is 1.41. The number of nitrogens with zero attached hydrogens (tertiary/aromatic N) is 2. The minimum absolute atomic E-state index is 0.144. The Morgan fingerprint density at radius 2 is 2.16 bits per heavy atom. The molecule has 2 aromatic rings. The molecule has 0 aliphatic carbocycles. The van der Waals surface area contributed by atoms with E-state index in [0.717, 1.165) is 12.3 Å². The van der Waals surface area contributed by atoms with Gasteiger partial charge in [0.15, 0.2) is 0 Å². The summed E-state index contributed by atoms with van der Waals surface area (Å²) in [6.45, 7) is 1.78. The predicted molar refractivity (Wildman–Crippen MR) is 70.7 cm³/mol. The third kappa shape index (κ3) is 2.85. The zero-order valence-corrected chi connectivity index (χ0v) is 10.6. The molecule has 0 spiro atoms. The summed E-state index contributed by atoms with van der Waals surface area (Å²) in [4.78, 5) is 20.0. The lowest BCUT2D eigenvalue weighted by Crippen LogP contribution is -2.16. The van der Waals surface area contributed by atoms with Crippen molar-refractivity contribution in [3.8, 4) is 0 Å². The number of nitrogens with one attached hydrogen (secondary N) is 2. The molecule has 2 aromatic heterocycles. The molecule has 1 amide bonds. The van der Waals surface area contributed by atoms with Crippen LogP contribution in [0.1, 0.15) is 16.1 Å². The summed E-state index contributed by atoms with van der Waals surface area (Å²) in [5.74, 6) is -0.681. The number of rotatable bonds is 3. The van der Waals surface area contributed by atoms with Crippen LogP contribution in [0.3, 0.4) is 0 Å². The number of aromatic nitrogens is 2. The van der Waals surface area contributed by atoms with E-state index in [4.69, 9.17) is 0 Å². The molecule has 2 N–H and O–H groups in total. The minimum Gasteiger partial charge on any atom is -0.372 e. The Labute approximate surface area is 109 Å². The Morgan fingerprint density at radius 3 is 2.84 bits per heavy atom. The molecule has 19 heavy (non-hydrogen) atoms. The molecule has 98 valence electrons. The maximum absolute atomic E-state index is 13.2. The molecule has 0 unspecified atom stereocenters. The SMILES string of the molecule is CNc1ncc(F)cc1C(=O)Nc1cccnc1C. The van der Waals surface area contributed by atoms with Crippen LogP contribution in [0.25, 0.3) is 0 Å². The van der Waals surface area contributed by atoms with Gasteiger partial charge in [0, 0.05) is 13.2 Å². The smallest absolute Gasteiger partial charge is 0.259 e. The maximum atomic E-state index is 13.2. The second-order valence-electron chi connectivity index (χ2n) is 3.89. The summed E-state index contributed by atoms with van der Waals surface area (Å²) in [7, 11) is 1.62. The fraction of sp³-hybridized carbons (Fsp3) is 0.154. The number of anilines is 2. The standard InChI is InChI=1S/C13H13FN4O/c1-8-11(4-3-5-16-8)18-13(19)10-6-9(14)7-17-12(10)15-2/h3-7H,1-2H3,(H,15,17)(H,18,19). The summed E-state index contributed by atoms with van der Waals surface area (Å²) < 4.78 is 13.2. The summed E-state index contributed by atoms with van der Waals surface area (Å²) in [6.07, 6.45) is 2.69. The Balaban J connectivity index is 2.30. The van der Waals surface area contributed by atoms with Gasteiger partial charge in [0.05, 0.1) is 23.1 Å². The molecule has 0 fully saturated rings. The molecule has 2 heterocycles. The number of carbonyl (C=O) groups is 1. The quantitative estimate of drug-likeness (QED) is 0.888. The predicted octanol–water partition coefficient (Wildman–Crippen LogP) is 2.22. The highest BCUT2D eigenvalue weighted by Crippen LogP contribution is 2.17. The number of hydrogen-bond donors (Lipinski definition) is 2. The third-order valence-electron chi connectivity index (χ3n) is 2.59. The van der Waals surface area contributed by atoms with Crippen molar-refractivity contribution < 1.29 is 9.18 Å². The van der Waals surface area contributed by atoms with E-state index in [1.165, 1.54) is 0 Å². The summed E-state index contributed by atoms with van der Waals surface area (Å²) in [5, 5.41) is 5.43. The van der Waals surface area contributed by atoms with Crippen LogP contribution in [0.2, 0.25) is 0 Å². The molecule has 0 atom stereocenters. The fourth-order valence-electron chi connectivity index (χ4n) is 1.62. The van der Waals surface area contributed by atoms with Gasteiger partial charge in [0.25, 0.3) is 5.91 Å². The normalized spacial score (nSPS) is 10.1. The summed E-state index contributed by atoms with van der Waals surface area (Å²) in [6, 6.07) is 4.58. The molecule has 5 nitrogen and oxygen atoms in total. The average Bonchev–Trinajstić information content (AvgIpc) is 2.41. The van der Waals surface area contributed by atoms with Gasteiger partial charge in [-0.1, -0.05) is 0 Å². The van der Waals surface area contributed by atoms with Gasteiger partial charge in [0.2, 0.25) is 0 Å². The van der Waals surface area contributed by atoms with Crippen LogP contribution in [0.15, 0.2) is 30.6 Å². The molecule has 0 aromatic carbocycles. The van der Waals surface area contributed by atoms with Crippen molar-refractivity contribution in [2.75, 3.05) is 17.7 Å². The van der Waals surface area contributed by atoms with Gasteiger partial charge in [-0.05, 0) is 25.1 Å². The van der Waals surface area contributed by atoms with Crippen molar-refractivity contribution in [1.29, 1.82) is 0 Å². The van der Waals surface area contributed by atoms with E-state index < -0.39 is 11.7 Å². The number of halogens is 1. The first-order valence-corrected chi connectivity index (χ1v) is 5.68. The van der Waals surface area contributed by atoms with E-state index in [2.05, 4.69) is 20.6 Å². The van der Waals surface area contributed by atoms with Gasteiger partial charge in [-0.2, -0.15) is 0 Å². The number of aryl methyl sites for hydroxylation is 1. The van der Waals surface area contributed by atoms with Gasteiger partial charge >= 0.3 is 0 Å². The van der Waals surface area contributed by atoms with Crippen LogP contribution in [-0.4, -0.2) is 22.9 Å². The van der Waals surface area contributed by atoms with E-state index in [1.807, 2.05) is 0 Å².